The van der Waals surface area contributed by atoms with Crippen LogP contribution < -0.4 is 0 Å². The minimum Gasteiger partial charge on any atom is -0.665 e. The van der Waals surface area contributed by atoms with E-state index >= 15 is 0 Å². The zero-order valence-electron chi connectivity index (χ0n) is 37.6. The number of allylic oxidation sites excluding steroid dienone is 14. The second kappa shape index (κ2) is 24.2. The summed E-state index contributed by atoms with van der Waals surface area (Å²) in [5.74, 6) is -0.921. The maximum absolute atomic E-state index is 11.5. The number of carbonyl (C=O) groups excluding carboxylic acids is 2. The molecular weight excluding hydrogens is 946 g/mol. The van der Waals surface area contributed by atoms with Crippen molar-refractivity contribution in [3.8, 4) is 0 Å². The average molecular weight is 990 g/mol. The average Bonchev–Trinajstić information content (AvgIpc) is 3.44. The van der Waals surface area contributed by atoms with E-state index in [0.717, 1.165) is 45.1 Å². The Kier molecular flexibility index (Phi) is 16.9. The molecule has 338 valence electrons. The van der Waals surface area contributed by atoms with Crippen molar-refractivity contribution in [1.82, 2.24) is 0 Å². The number of ether oxygens (including phenoxy) is 2. The van der Waals surface area contributed by atoms with Crippen LogP contribution in [-0.2, 0) is 38.5 Å². The Morgan fingerprint density at radius 2 is 0.536 bits per heavy atom. The van der Waals surface area contributed by atoms with Crippen molar-refractivity contribution in [3.63, 3.8) is 0 Å². The van der Waals surface area contributed by atoms with Crippen LogP contribution in [0.15, 0.2) is 277 Å². The van der Waals surface area contributed by atoms with Gasteiger partial charge >= 0.3 is 31.4 Å². The summed E-state index contributed by atoms with van der Waals surface area (Å²) in [7, 11) is 2.61. The predicted octanol–water partition coefficient (Wildman–Crippen LogP) is 14.5. The molecule has 0 saturated heterocycles. The summed E-state index contributed by atoms with van der Waals surface area (Å²) in [6, 6.07) is 41.3. The van der Waals surface area contributed by atoms with Gasteiger partial charge in [0.15, 0.2) is 0 Å². The van der Waals surface area contributed by atoms with Gasteiger partial charge in [0.1, 0.15) is 0 Å². The smallest absolute Gasteiger partial charge is 0.665 e. The first-order valence-corrected chi connectivity index (χ1v) is 21.6. The monoisotopic (exact) mass is 990 g/mol. The summed E-state index contributed by atoms with van der Waals surface area (Å²) in [6.45, 7) is 0. The van der Waals surface area contributed by atoms with Crippen molar-refractivity contribution in [1.29, 1.82) is 0 Å². The molecule has 0 N–H and O–H groups in total. The van der Waals surface area contributed by atoms with Gasteiger partial charge in [-0.1, -0.05) is 194 Å². The second-order valence-corrected chi connectivity index (χ2v) is 15.0. The molecule has 0 atom stereocenters. The fourth-order valence-electron chi connectivity index (χ4n) is 7.15. The van der Waals surface area contributed by atoms with E-state index in [1.54, 1.807) is 24.3 Å². The molecule has 0 fully saturated rings. The molecule has 69 heavy (non-hydrogen) atoms. The van der Waals surface area contributed by atoms with Gasteiger partial charge in [-0.25, -0.2) is 9.59 Å². The normalized spacial score (nSPS) is 19.2. The van der Waals surface area contributed by atoms with E-state index in [-0.39, 0.29) is 19.5 Å². The first-order valence-electron chi connectivity index (χ1n) is 21.6. The maximum Gasteiger partial charge on any atom is 6.00 e. The van der Waals surface area contributed by atoms with Gasteiger partial charge < -0.3 is 41.4 Å². The zero-order chi connectivity index (χ0) is 46.9. The summed E-state index contributed by atoms with van der Waals surface area (Å²) in [5, 5.41) is 26.3. The fraction of sp³-hybridized carbons (Fsp3) is 0.0345. The SMILES string of the molecule is C1=CC(c2ccccc2)=CC(=C2C=C(c3ccccc3)C=C[N-]2)[N-]1.C1=CC(c2ccccc2)=CC(=C2C=C(c3ccccc3)C=C[N-]2)[N-]1.COC(=O)C1=CC(=C2C=C(C(=O)OC)C=C[N-]2)[N-]C=C1.[Ru+6]. The topological polar surface area (TPSA) is 137 Å². The van der Waals surface area contributed by atoms with Crippen LogP contribution >= 0.6 is 0 Å². The summed E-state index contributed by atoms with van der Waals surface area (Å²) in [6.07, 6.45) is 33.0. The van der Waals surface area contributed by atoms with Gasteiger partial charge in [0.2, 0.25) is 0 Å². The Hall–Kier alpha value is -8.66. The maximum atomic E-state index is 11.5. The van der Waals surface area contributed by atoms with E-state index in [0.29, 0.717) is 22.5 Å². The summed E-state index contributed by atoms with van der Waals surface area (Å²) < 4.78 is 9.29. The molecule has 4 aromatic rings. The molecule has 0 aromatic heterocycles. The van der Waals surface area contributed by atoms with Crippen LogP contribution in [0.1, 0.15) is 22.3 Å². The zero-order valence-corrected chi connectivity index (χ0v) is 39.3. The molecule has 6 heterocycles. The number of hydrogen-bond acceptors (Lipinski definition) is 4. The number of methoxy groups -OCH3 is 2. The number of hydrogen-bond donors (Lipinski definition) is 0. The Bertz CT molecular complexity index is 2660. The third kappa shape index (κ3) is 12.8. The van der Waals surface area contributed by atoms with E-state index in [1.807, 2.05) is 122 Å². The molecule has 4 aromatic carbocycles. The standard InChI is InChI=1S/2C22H16N2.C14H13N2O4.Ru/c2*1-3-7-17(8-4-1)19-11-13-23-21(15-19)22-16-20(12-14-24-22)18-9-5-2-6-10-18;1-19-13(17)9-3-5-15-11(7-9)12-8-10(4-6-16-12)14(18)20-2;/h2*1-16H;3-8H,1-2H3,(H-,15,16,17,18);/q2*-2;-1;+6/p-1. The molecule has 10 rings (SSSR count). The van der Waals surface area contributed by atoms with Crippen molar-refractivity contribution in [2.45, 2.75) is 0 Å². The van der Waals surface area contributed by atoms with Crippen molar-refractivity contribution >= 4 is 34.2 Å². The number of nitrogens with zero attached hydrogens (tertiary/aromatic N) is 6. The molecule has 0 saturated carbocycles. The molecule has 10 nitrogen and oxygen atoms in total. The van der Waals surface area contributed by atoms with Gasteiger partial charge in [-0.05, 0) is 44.5 Å². The number of carbonyl (C=O) groups is 2. The van der Waals surface area contributed by atoms with Crippen molar-refractivity contribution in [2.75, 3.05) is 14.2 Å². The third-order valence-corrected chi connectivity index (χ3v) is 10.6. The first kappa shape index (κ1) is 48.3. The number of esters is 2. The minimum atomic E-state index is -0.460. The molecule has 0 radical (unpaired) electrons. The van der Waals surface area contributed by atoms with Crippen molar-refractivity contribution in [2.24, 2.45) is 0 Å². The Balaban J connectivity index is 0.000000153. The molecule has 0 aliphatic carbocycles. The van der Waals surface area contributed by atoms with Crippen LogP contribution in [0.4, 0.5) is 0 Å². The molecule has 0 unspecified atom stereocenters. The van der Waals surface area contributed by atoms with E-state index in [4.69, 9.17) is 0 Å². The summed E-state index contributed by atoms with van der Waals surface area (Å²) in [5.41, 5.74) is 14.5. The van der Waals surface area contributed by atoms with Gasteiger partial charge in [0, 0.05) is 0 Å². The summed E-state index contributed by atoms with van der Waals surface area (Å²) >= 11 is 0. The van der Waals surface area contributed by atoms with Crippen LogP contribution in [0.25, 0.3) is 54.2 Å². The van der Waals surface area contributed by atoms with Gasteiger partial charge in [0.25, 0.3) is 0 Å². The molecule has 6 aliphatic rings. The predicted molar refractivity (Wildman–Crippen MR) is 274 cm³/mol. The van der Waals surface area contributed by atoms with Crippen LogP contribution in [0, 0.1) is 0 Å². The molecular formula is C58H44N6O4Ru. The van der Waals surface area contributed by atoms with E-state index in [1.165, 1.54) is 48.9 Å². The fourth-order valence-corrected chi connectivity index (χ4v) is 7.15. The number of benzene rings is 4. The minimum absolute atomic E-state index is 0. The molecule has 11 heteroatoms. The second-order valence-electron chi connectivity index (χ2n) is 15.0. The van der Waals surface area contributed by atoms with Crippen molar-refractivity contribution in [3.05, 3.63) is 331 Å². The third-order valence-electron chi connectivity index (χ3n) is 10.6. The largest absolute Gasteiger partial charge is 6.00 e. The van der Waals surface area contributed by atoms with Gasteiger partial charge in [-0.2, -0.15) is 71.4 Å². The molecule has 0 bridgehead atoms. The summed E-state index contributed by atoms with van der Waals surface area (Å²) in [4.78, 5) is 22.9. The number of rotatable bonds is 6. The molecule has 0 amide bonds. The van der Waals surface area contributed by atoms with Crippen LogP contribution in [0.2, 0.25) is 0 Å². The van der Waals surface area contributed by atoms with E-state index < -0.39 is 11.9 Å². The molecule has 0 spiro atoms. The Morgan fingerprint density at radius 1 is 0.319 bits per heavy atom. The van der Waals surface area contributed by atoms with Crippen LogP contribution in [0.5, 0.6) is 0 Å². The quantitative estimate of drug-likeness (QED) is 0.140. The van der Waals surface area contributed by atoms with Crippen LogP contribution in [-0.4, -0.2) is 26.2 Å². The van der Waals surface area contributed by atoms with Gasteiger partial charge in [-0.15, -0.1) is 0 Å². The Labute approximate surface area is 415 Å². The van der Waals surface area contributed by atoms with Crippen molar-refractivity contribution < 1.29 is 38.5 Å². The van der Waals surface area contributed by atoms with Crippen LogP contribution in [0.3, 0.4) is 0 Å². The van der Waals surface area contributed by atoms with E-state index in [2.05, 4.69) is 114 Å². The van der Waals surface area contributed by atoms with Gasteiger partial charge in [0.05, 0.1) is 25.4 Å². The van der Waals surface area contributed by atoms with E-state index in [9.17, 15) is 9.59 Å². The first-order chi connectivity index (χ1) is 33.4. The van der Waals surface area contributed by atoms with Gasteiger partial charge in [-0.3, -0.25) is 0 Å². The Morgan fingerprint density at radius 3 is 0.768 bits per heavy atom. The molecule has 6 aliphatic heterocycles.